The van der Waals surface area contributed by atoms with Gasteiger partial charge >= 0.3 is 19.1 Å². The minimum absolute atomic E-state index is 0.0227. The summed E-state index contributed by atoms with van der Waals surface area (Å²) < 4.78 is 54.3. The molecule has 1 aromatic heterocycles. The molecule has 2 aliphatic rings. The van der Waals surface area contributed by atoms with Gasteiger partial charge in [0.15, 0.2) is 0 Å². The molecule has 2 amide bonds. The lowest BCUT2D eigenvalue weighted by Crippen LogP contribution is -2.71. The first kappa shape index (κ1) is 27.8. The van der Waals surface area contributed by atoms with E-state index in [2.05, 4.69) is 25.9 Å². The first-order valence-electron chi connectivity index (χ1n) is 9.60. The minimum Gasteiger partial charge on any atom is -0.477 e. The maximum atomic E-state index is 12.7. The molecule has 0 aromatic carbocycles. The fourth-order valence-corrected chi connectivity index (χ4v) is 7.97. The van der Waals surface area contributed by atoms with Crippen molar-refractivity contribution < 1.29 is 46.6 Å². The Morgan fingerprint density at radius 1 is 1.46 bits per heavy atom. The van der Waals surface area contributed by atoms with Gasteiger partial charge in [-0.25, -0.2) is 9.89 Å². The van der Waals surface area contributed by atoms with E-state index < -0.39 is 76.9 Å². The zero-order valence-corrected chi connectivity index (χ0v) is 20.9. The van der Waals surface area contributed by atoms with Crippen LogP contribution >= 0.6 is 42.9 Å². The van der Waals surface area contributed by atoms with Crippen LogP contribution in [0.1, 0.15) is 6.92 Å². The molecule has 0 bridgehead atoms. The molecule has 4 N–H and O–H groups in total. The largest absolute Gasteiger partial charge is 0.477 e. The minimum atomic E-state index is -4.62. The van der Waals surface area contributed by atoms with Gasteiger partial charge in [-0.15, -0.1) is 16.9 Å². The lowest BCUT2D eigenvalue weighted by molar-refractivity contribution is -0.150. The van der Waals surface area contributed by atoms with Gasteiger partial charge in [0.1, 0.15) is 17.1 Å². The van der Waals surface area contributed by atoms with Crippen molar-refractivity contribution in [1.82, 2.24) is 30.8 Å². The third kappa shape index (κ3) is 6.91. The highest BCUT2D eigenvalue weighted by Crippen LogP contribution is 2.50. The molecular weight excluding hydrogens is 560 g/mol. The molecule has 4 atom stereocenters. The third-order valence-electron chi connectivity index (χ3n) is 4.58. The van der Waals surface area contributed by atoms with E-state index in [-0.39, 0.29) is 23.1 Å². The number of halogens is 3. The number of rotatable bonds is 11. The first-order valence-corrected chi connectivity index (χ1v) is 14.3. The molecule has 20 heteroatoms. The molecule has 35 heavy (non-hydrogen) atoms. The number of nitrogens with one attached hydrogen (secondary N) is 2. The molecule has 1 fully saturated rings. The Bertz CT molecular complexity index is 1060. The predicted octanol–water partition coefficient (Wildman–Crippen LogP) is 0.874. The van der Waals surface area contributed by atoms with Gasteiger partial charge in [0.2, 0.25) is 11.1 Å². The van der Waals surface area contributed by atoms with Crippen molar-refractivity contribution in [2.24, 2.45) is 0 Å². The highest BCUT2D eigenvalue weighted by molar-refractivity contribution is 8.01. The van der Waals surface area contributed by atoms with Crippen molar-refractivity contribution in [3.05, 3.63) is 11.3 Å². The van der Waals surface area contributed by atoms with Crippen LogP contribution in [0.3, 0.4) is 0 Å². The zero-order chi connectivity index (χ0) is 26.0. The van der Waals surface area contributed by atoms with E-state index >= 15 is 0 Å². The van der Waals surface area contributed by atoms with Crippen molar-refractivity contribution in [3.63, 3.8) is 0 Å². The second kappa shape index (κ2) is 11.1. The normalized spacial score (nSPS) is 22.8. The topological polar surface area (TPSA) is 188 Å². The lowest BCUT2D eigenvalue weighted by atomic mass is 10.0. The van der Waals surface area contributed by atoms with Crippen molar-refractivity contribution in [3.8, 4) is 0 Å². The van der Waals surface area contributed by atoms with Gasteiger partial charge in [-0.1, -0.05) is 11.8 Å². The van der Waals surface area contributed by atoms with Crippen LogP contribution in [0.4, 0.5) is 13.2 Å². The molecule has 3 heterocycles. The molecule has 13 nitrogen and oxygen atoms in total. The van der Waals surface area contributed by atoms with Crippen molar-refractivity contribution in [1.29, 1.82) is 0 Å². The van der Waals surface area contributed by atoms with Crippen LogP contribution in [0.15, 0.2) is 16.4 Å². The maximum Gasteiger partial charge on any atom is 0.442 e. The number of carbonyl (C=O) groups is 3. The van der Waals surface area contributed by atoms with Gasteiger partial charge in [-0.05, 0) is 34.7 Å². The molecule has 0 spiro atoms. The molecule has 0 aliphatic carbocycles. The number of thioether (sulfide) groups is 3. The number of carbonyl (C=O) groups excluding carboxylic acids is 2. The summed E-state index contributed by atoms with van der Waals surface area (Å²) >= 11 is 1.36. The van der Waals surface area contributed by atoms with Crippen molar-refractivity contribution in [2.45, 2.75) is 34.3 Å². The summed E-state index contributed by atoms with van der Waals surface area (Å²) in [6, 6.07) is -1.21. The monoisotopic (exact) mass is 578 g/mol. The number of carboxylic acids is 1. The highest BCUT2D eigenvalue weighted by Gasteiger charge is 2.55. The van der Waals surface area contributed by atoms with E-state index in [0.29, 0.717) is 0 Å². The fraction of sp³-hybridized carbons (Fsp3) is 0.600. The Labute approximate surface area is 207 Å². The van der Waals surface area contributed by atoms with Crippen molar-refractivity contribution in [2.75, 3.05) is 24.3 Å². The van der Waals surface area contributed by atoms with Gasteiger partial charge in [0.05, 0.1) is 18.5 Å². The smallest absolute Gasteiger partial charge is 0.442 e. The van der Waals surface area contributed by atoms with Gasteiger partial charge < -0.3 is 19.8 Å². The summed E-state index contributed by atoms with van der Waals surface area (Å²) in [5, 5.41) is 23.3. The van der Waals surface area contributed by atoms with Gasteiger partial charge in [-0.3, -0.25) is 19.1 Å². The Hall–Kier alpha value is -1.79. The SMILES string of the molecule is CCOP(=O)(O)CC(Sc1nnn[nH]1)C1=C(C(=O)O)N2C(=O)[C@@H](NC(=O)CSC(F)(F)F)[C@@H]2SC1. The summed E-state index contributed by atoms with van der Waals surface area (Å²) in [6.45, 7) is 1.43. The van der Waals surface area contributed by atoms with Crippen LogP contribution in [-0.4, -0.2) is 99.8 Å². The number of hydrogen-bond donors (Lipinski definition) is 4. The number of fused-ring (bicyclic) bond motifs is 1. The summed E-state index contributed by atoms with van der Waals surface area (Å²) in [5.41, 5.74) is -4.95. The van der Waals surface area contributed by atoms with E-state index in [9.17, 15) is 42.1 Å². The number of aliphatic carboxylic acids is 1. The number of alkyl halides is 3. The Morgan fingerprint density at radius 2 is 2.17 bits per heavy atom. The van der Waals surface area contributed by atoms with Gasteiger partial charge in [0.25, 0.3) is 5.91 Å². The molecule has 1 aromatic rings. The Balaban J connectivity index is 1.84. The number of carboxylic acid groups (broad SMARTS) is 1. The maximum absolute atomic E-state index is 12.7. The second-order valence-electron chi connectivity index (χ2n) is 6.92. The van der Waals surface area contributed by atoms with Crippen LogP contribution in [0.2, 0.25) is 0 Å². The number of aromatic nitrogens is 4. The number of aromatic amines is 1. The van der Waals surface area contributed by atoms with E-state index in [1.807, 2.05) is 0 Å². The summed E-state index contributed by atoms with van der Waals surface area (Å²) in [7, 11) is -4.17. The first-order chi connectivity index (χ1) is 16.3. The molecule has 2 aliphatic heterocycles. The number of β-lactam (4-membered cyclic amide) rings is 1. The molecule has 0 radical (unpaired) electrons. The number of nitrogens with zero attached hydrogens (tertiary/aromatic N) is 4. The summed E-state index contributed by atoms with van der Waals surface area (Å²) in [6.07, 6.45) is -0.513. The predicted molar refractivity (Wildman–Crippen MR) is 118 cm³/mol. The fourth-order valence-electron chi connectivity index (χ4n) is 3.27. The number of tetrazole rings is 1. The molecule has 2 unspecified atom stereocenters. The number of amides is 2. The van der Waals surface area contributed by atoms with Gasteiger partial charge in [-0.2, -0.15) is 13.2 Å². The molecule has 3 rings (SSSR count). The Kier molecular flexibility index (Phi) is 8.80. The van der Waals surface area contributed by atoms with E-state index in [1.54, 1.807) is 0 Å². The molecule has 194 valence electrons. The molecule has 0 saturated carbocycles. The van der Waals surface area contributed by atoms with Gasteiger partial charge in [0, 0.05) is 11.0 Å². The standard InChI is InChI=1S/C15H18F3N6O7PS3/c1-2-31-32(29,30)3-7(35-14-20-22-23-21-14)6-4-33-12-9(11(26)24(12)10(6)13(27)28)19-8(25)5-34-15(16,17)18/h7,9,12H,2-5H2,1H3,(H,19,25)(H,27,28)(H,29,30)(H,20,21,22,23)/t7?,9-,12+/m1/s1. The van der Waals surface area contributed by atoms with E-state index in [0.717, 1.165) is 28.4 Å². The molecule has 1 saturated heterocycles. The zero-order valence-electron chi connectivity index (χ0n) is 17.6. The van der Waals surface area contributed by atoms with E-state index in [1.165, 1.54) is 6.92 Å². The average Bonchev–Trinajstić information content (AvgIpc) is 3.26. The van der Waals surface area contributed by atoms with E-state index in [4.69, 9.17) is 4.52 Å². The average molecular weight is 579 g/mol. The van der Waals surface area contributed by atoms with Crippen LogP contribution in [0, 0.1) is 0 Å². The third-order valence-corrected chi connectivity index (χ3v) is 9.48. The van der Waals surface area contributed by atoms with Crippen LogP contribution in [-0.2, 0) is 23.5 Å². The quantitative estimate of drug-likeness (QED) is 0.165. The Morgan fingerprint density at radius 3 is 2.74 bits per heavy atom. The van der Waals surface area contributed by atoms with Crippen LogP contribution in [0.5, 0.6) is 0 Å². The van der Waals surface area contributed by atoms with Crippen LogP contribution in [0.25, 0.3) is 0 Å². The van der Waals surface area contributed by atoms with Crippen molar-refractivity contribution >= 4 is 60.7 Å². The van der Waals surface area contributed by atoms with Crippen LogP contribution < -0.4 is 5.32 Å². The number of hydrogen-bond acceptors (Lipinski definition) is 11. The summed E-state index contributed by atoms with van der Waals surface area (Å²) in [5.74, 6) is -4.33. The second-order valence-corrected chi connectivity index (χ2v) is 12.2. The lowest BCUT2D eigenvalue weighted by Gasteiger charge is -2.50. The summed E-state index contributed by atoms with van der Waals surface area (Å²) in [4.78, 5) is 47.8. The molecular formula is C15H18F3N6O7PS3. The number of H-pyrrole nitrogens is 1. The highest BCUT2D eigenvalue weighted by atomic mass is 32.2.